The van der Waals surface area contributed by atoms with Crippen molar-refractivity contribution in [2.45, 2.75) is 23.7 Å². The van der Waals surface area contributed by atoms with E-state index < -0.39 is 15.6 Å². The maximum absolute atomic E-state index is 12.8. The number of aromatic nitrogens is 1. The highest BCUT2D eigenvalue weighted by atomic mass is 32.2. The number of hydrogen-bond acceptors (Lipinski definition) is 7. The molecule has 3 rings (SSSR count). The second-order valence-electron chi connectivity index (χ2n) is 6.03. The molecule has 0 spiro atoms. The Kier molecular flexibility index (Phi) is 4.91. The highest BCUT2D eigenvalue weighted by molar-refractivity contribution is 7.90. The predicted octanol–water partition coefficient (Wildman–Crippen LogP) is 2.21. The minimum absolute atomic E-state index is 0.0857. The SMILES string of the molecule is COCCOc1cc(C2CC2)cc(C(=O)c2cnoc2)c1S(C)(=O)=O. The van der Waals surface area contributed by atoms with Gasteiger partial charge in [0.25, 0.3) is 0 Å². The van der Waals surface area contributed by atoms with Crippen LogP contribution in [0.15, 0.2) is 34.0 Å². The Hall–Kier alpha value is -2.19. The van der Waals surface area contributed by atoms with Crippen LogP contribution in [0.2, 0.25) is 0 Å². The van der Waals surface area contributed by atoms with Crippen molar-refractivity contribution in [3.63, 3.8) is 0 Å². The van der Waals surface area contributed by atoms with Gasteiger partial charge in [0.1, 0.15) is 23.5 Å². The molecule has 1 aromatic carbocycles. The van der Waals surface area contributed by atoms with Gasteiger partial charge in [-0.2, -0.15) is 0 Å². The van der Waals surface area contributed by atoms with Crippen LogP contribution in [0, 0.1) is 0 Å². The zero-order valence-electron chi connectivity index (χ0n) is 14.0. The first-order valence-electron chi connectivity index (χ1n) is 7.85. The van der Waals surface area contributed by atoms with E-state index in [4.69, 9.17) is 14.0 Å². The van der Waals surface area contributed by atoms with Crippen molar-refractivity contribution in [3.05, 3.63) is 41.3 Å². The standard InChI is InChI=1S/C17H19NO6S/c1-22-5-6-23-15-8-12(11-3-4-11)7-14(17(15)25(2,20)21)16(19)13-9-18-24-10-13/h7-11H,3-6H2,1-2H3. The van der Waals surface area contributed by atoms with Crippen molar-refractivity contribution < 1.29 is 27.2 Å². The molecule has 0 radical (unpaired) electrons. The maximum Gasteiger partial charge on any atom is 0.199 e. The van der Waals surface area contributed by atoms with E-state index in [0.717, 1.165) is 24.7 Å². The number of benzene rings is 1. The van der Waals surface area contributed by atoms with E-state index in [2.05, 4.69) is 5.16 Å². The molecule has 0 unspecified atom stereocenters. The number of nitrogens with zero attached hydrogens (tertiary/aromatic N) is 1. The second kappa shape index (κ2) is 6.97. The smallest absolute Gasteiger partial charge is 0.199 e. The Morgan fingerprint density at radius 1 is 1.32 bits per heavy atom. The van der Waals surface area contributed by atoms with E-state index >= 15 is 0 Å². The van der Waals surface area contributed by atoms with Crippen LogP contribution in [0.25, 0.3) is 0 Å². The van der Waals surface area contributed by atoms with Crippen LogP contribution in [0.5, 0.6) is 5.75 Å². The van der Waals surface area contributed by atoms with Gasteiger partial charge in [-0.05, 0) is 36.5 Å². The average Bonchev–Trinajstić information content (AvgIpc) is 3.27. The molecule has 1 heterocycles. The van der Waals surface area contributed by atoms with Crippen molar-refractivity contribution in [1.29, 1.82) is 0 Å². The molecule has 0 bridgehead atoms. The number of ether oxygens (including phenoxy) is 2. The fourth-order valence-corrected chi connectivity index (χ4v) is 3.68. The maximum atomic E-state index is 12.8. The van der Waals surface area contributed by atoms with Crippen LogP contribution in [-0.2, 0) is 14.6 Å². The molecule has 0 atom stereocenters. The first-order chi connectivity index (χ1) is 11.9. The Labute approximate surface area is 145 Å². The number of hydrogen-bond donors (Lipinski definition) is 0. The van der Waals surface area contributed by atoms with Crippen LogP contribution in [0.1, 0.15) is 40.2 Å². The van der Waals surface area contributed by atoms with Gasteiger partial charge in [0.05, 0.1) is 18.4 Å². The lowest BCUT2D eigenvalue weighted by Gasteiger charge is -2.16. The number of methoxy groups -OCH3 is 1. The molecule has 7 nitrogen and oxygen atoms in total. The molecule has 0 N–H and O–H groups in total. The highest BCUT2D eigenvalue weighted by Gasteiger charge is 2.31. The summed E-state index contributed by atoms with van der Waals surface area (Å²) in [4.78, 5) is 12.7. The van der Waals surface area contributed by atoms with Crippen LogP contribution in [0.4, 0.5) is 0 Å². The Balaban J connectivity index is 2.14. The molecule has 2 aromatic rings. The molecule has 1 saturated carbocycles. The highest BCUT2D eigenvalue weighted by Crippen LogP contribution is 2.43. The zero-order chi connectivity index (χ0) is 18.0. The lowest BCUT2D eigenvalue weighted by Crippen LogP contribution is -2.14. The Bertz CT molecular complexity index is 869. The summed E-state index contributed by atoms with van der Waals surface area (Å²) in [5.74, 6) is 0.0527. The lowest BCUT2D eigenvalue weighted by molar-refractivity contribution is 0.103. The molecule has 1 aliphatic carbocycles. The third kappa shape index (κ3) is 3.91. The number of rotatable bonds is 8. The van der Waals surface area contributed by atoms with Crippen LogP contribution >= 0.6 is 0 Å². The van der Waals surface area contributed by atoms with Crippen molar-refractivity contribution in [2.24, 2.45) is 0 Å². The van der Waals surface area contributed by atoms with Crippen molar-refractivity contribution in [3.8, 4) is 5.75 Å². The Morgan fingerprint density at radius 3 is 2.64 bits per heavy atom. The number of sulfone groups is 1. The molecule has 0 aliphatic heterocycles. The van der Waals surface area contributed by atoms with E-state index in [1.54, 1.807) is 12.1 Å². The normalized spacial score (nSPS) is 14.5. The summed E-state index contributed by atoms with van der Waals surface area (Å²) in [5, 5.41) is 3.52. The minimum Gasteiger partial charge on any atom is -0.490 e. The van der Waals surface area contributed by atoms with Gasteiger partial charge in [-0.15, -0.1) is 0 Å². The van der Waals surface area contributed by atoms with E-state index in [9.17, 15) is 13.2 Å². The van der Waals surface area contributed by atoms with Crippen LogP contribution in [-0.4, -0.2) is 45.9 Å². The summed E-state index contributed by atoms with van der Waals surface area (Å²) in [6.07, 6.45) is 5.55. The first-order valence-corrected chi connectivity index (χ1v) is 9.74. The quantitative estimate of drug-likeness (QED) is 0.523. The molecule has 1 fully saturated rings. The predicted molar refractivity (Wildman–Crippen MR) is 88.8 cm³/mol. The lowest BCUT2D eigenvalue weighted by atomic mass is 10.0. The van der Waals surface area contributed by atoms with Gasteiger partial charge in [0.15, 0.2) is 15.6 Å². The summed E-state index contributed by atoms with van der Waals surface area (Å²) in [6, 6.07) is 3.36. The van der Waals surface area contributed by atoms with Gasteiger partial charge < -0.3 is 14.0 Å². The summed E-state index contributed by atoms with van der Waals surface area (Å²) < 4.78 is 40.1. The zero-order valence-corrected chi connectivity index (χ0v) is 14.8. The fraction of sp³-hybridized carbons (Fsp3) is 0.412. The van der Waals surface area contributed by atoms with Gasteiger partial charge in [-0.1, -0.05) is 5.16 Å². The monoisotopic (exact) mass is 365 g/mol. The van der Waals surface area contributed by atoms with E-state index in [1.807, 2.05) is 0 Å². The van der Waals surface area contributed by atoms with Crippen molar-refractivity contribution in [1.82, 2.24) is 5.16 Å². The second-order valence-corrected chi connectivity index (χ2v) is 7.98. The Morgan fingerprint density at radius 2 is 2.08 bits per heavy atom. The summed E-state index contributed by atoms with van der Waals surface area (Å²) >= 11 is 0. The summed E-state index contributed by atoms with van der Waals surface area (Å²) in [6.45, 7) is 0.500. The van der Waals surface area contributed by atoms with Gasteiger partial charge >= 0.3 is 0 Å². The molecular weight excluding hydrogens is 346 g/mol. The fourth-order valence-electron chi connectivity index (χ4n) is 2.64. The molecule has 1 aromatic heterocycles. The molecule has 25 heavy (non-hydrogen) atoms. The van der Waals surface area contributed by atoms with Crippen LogP contribution in [0.3, 0.4) is 0 Å². The molecule has 1 aliphatic rings. The van der Waals surface area contributed by atoms with E-state index in [-0.39, 0.29) is 28.4 Å². The van der Waals surface area contributed by atoms with E-state index in [0.29, 0.717) is 12.5 Å². The largest absolute Gasteiger partial charge is 0.490 e. The third-order valence-electron chi connectivity index (χ3n) is 3.98. The average molecular weight is 365 g/mol. The molecule has 0 saturated heterocycles. The van der Waals surface area contributed by atoms with Gasteiger partial charge in [0.2, 0.25) is 0 Å². The number of carbonyl (C=O) groups excluding carboxylic acids is 1. The van der Waals surface area contributed by atoms with Crippen molar-refractivity contribution >= 4 is 15.6 Å². The topological polar surface area (TPSA) is 95.7 Å². The van der Waals surface area contributed by atoms with E-state index in [1.165, 1.54) is 19.6 Å². The van der Waals surface area contributed by atoms with Gasteiger partial charge in [-0.3, -0.25) is 4.79 Å². The molecule has 0 amide bonds. The first kappa shape index (κ1) is 17.6. The summed E-state index contributed by atoms with van der Waals surface area (Å²) in [7, 11) is -2.17. The van der Waals surface area contributed by atoms with Gasteiger partial charge in [-0.25, -0.2) is 8.42 Å². The number of ketones is 1. The molecule has 134 valence electrons. The summed E-state index contributed by atoms with van der Waals surface area (Å²) in [5.41, 5.74) is 1.18. The molecular formula is C17H19NO6S. The minimum atomic E-state index is -3.70. The van der Waals surface area contributed by atoms with Crippen molar-refractivity contribution in [2.75, 3.05) is 26.6 Å². The van der Waals surface area contributed by atoms with Gasteiger partial charge in [0, 0.05) is 18.9 Å². The molecule has 8 heteroatoms. The van der Waals surface area contributed by atoms with Crippen LogP contribution < -0.4 is 4.74 Å². The third-order valence-corrected chi connectivity index (χ3v) is 5.14. The number of carbonyl (C=O) groups is 1.